The number of aromatic nitrogens is 1. The van der Waals surface area contributed by atoms with Crippen molar-refractivity contribution in [3.05, 3.63) is 18.0 Å². The van der Waals surface area contributed by atoms with E-state index in [-0.39, 0.29) is 5.91 Å². The van der Waals surface area contributed by atoms with Gasteiger partial charge in [0.1, 0.15) is 5.69 Å². The van der Waals surface area contributed by atoms with Crippen LogP contribution in [-0.2, 0) is 0 Å². The van der Waals surface area contributed by atoms with Crippen LogP contribution in [0.4, 0.5) is 5.69 Å². The van der Waals surface area contributed by atoms with Gasteiger partial charge in [-0.05, 0) is 42.8 Å². The summed E-state index contributed by atoms with van der Waals surface area (Å²) in [4.78, 5) is 12.2. The average molecular weight is 265 g/mol. The number of hydrogen-bond acceptors (Lipinski definition) is 3. The Hall–Kier alpha value is -1.10. The lowest BCUT2D eigenvalue weighted by Gasteiger charge is -2.11. The first-order valence-corrected chi connectivity index (χ1v) is 7.73. The lowest BCUT2D eigenvalue weighted by molar-refractivity contribution is 0.0939. The zero-order valence-corrected chi connectivity index (χ0v) is 11.2. The van der Waals surface area contributed by atoms with E-state index in [1.807, 2.05) is 22.5 Å². The maximum absolute atomic E-state index is 12.2. The predicted octanol–water partition coefficient (Wildman–Crippen LogP) is 1.89. The highest BCUT2D eigenvalue weighted by molar-refractivity contribution is 7.99. The van der Waals surface area contributed by atoms with Gasteiger partial charge in [-0.2, -0.15) is 11.8 Å². The monoisotopic (exact) mass is 265 g/mol. The number of thioether (sulfide) groups is 1. The number of rotatable bonds is 4. The Kier molecular flexibility index (Phi) is 3.24. The molecule has 18 heavy (non-hydrogen) atoms. The van der Waals surface area contributed by atoms with E-state index in [9.17, 15) is 4.79 Å². The minimum atomic E-state index is 0.0236. The van der Waals surface area contributed by atoms with E-state index in [2.05, 4.69) is 5.32 Å². The third kappa shape index (κ3) is 2.51. The SMILES string of the molecule is Nc1cc(C(=O)NCC2CCSC2)n(C2CC2)c1. The van der Waals surface area contributed by atoms with E-state index in [4.69, 9.17) is 5.73 Å². The van der Waals surface area contributed by atoms with Gasteiger partial charge in [-0.25, -0.2) is 0 Å². The van der Waals surface area contributed by atoms with E-state index in [1.54, 1.807) is 6.07 Å². The van der Waals surface area contributed by atoms with E-state index in [1.165, 1.54) is 17.9 Å². The minimum absolute atomic E-state index is 0.0236. The van der Waals surface area contributed by atoms with Crippen LogP contribution in [0.15, 0.2) is 12.3 Å². The van der Waals surface area contributed by atoms with Gasteiger partial charge in [-0.15, -0.1) is 0 Å². The summed E-state index contributed by atoms with van der Waals surface area (Å²) >= 11 is 1.98. The zero-order chi connectivity index (χ0) is 12.5. The van der Waals surface area contributed by atoms with Crippen molar-refractivity contribution in [2.24, 2.45) is 5.92 Å². The van der Waals surface area contributed by atoms with E-state index < -0.39 is 0 Å². The molecule has 1 amide bonds. The molecular weight excluding hydrogens is 246 g/mol. The molecule has 98 valence electrons. The standard InChI is InChI=1S/C13H19N3OS/c14-10-5-12(16(7-10)11-1-2-11)13(17)15-6-9-3-4-18-8-9/h5,7,9,11H,1-4,6,8,14H2,(H,15,17). The number of carbonyl (C=O) groups is 1. The van der Waals surface area contributed by atoms with Crippen molar-refractivity contribution < 1.29 is 4.79 Å². The van der Waals surface area contributed by atoms with Gasteiger partial charge in [0.05, 0.1) is 5.69 Å². The highest BCUT2D eigenvalue weighted by Gasteiger charge is 2.28. The molecule has 1 aliphatic heterocycles. The predicted molar refractivity (Wildman–Crippen MR) is 74.9 cm³/mol. The lowest BCUT2D eigenvalue weighted by Crippen LogP contribution is -2.30. The average Bonchev–Trinajstić information content (AvgIpc) is 2.92. The molecule has 2 aliphatic rings. The number of carbonyl (C=O) groups excluding carboxylic acids is 1. The summed E-state index contributed by atoms with van der Waals surface area (Å²) in [6.07, 6.45) is 5.43. The summed E-state index contributed by atoms with van der Waals surface area (Å²) in [7, 11) is 0. The lowest BCUT2D eigenvalue weighted by atomic mass is 10.1. The van der Waals surface area contributed by atoms with Crippen molar-refractivity contribution in [3.8, 4) is 0 Å². The fourth-order valence-electron chi connectivity index (χ4n) is 2.41. The smallest absolute Gasteiger partial charge is 0.268 e. The van der Waals surface area contributed by atoms with Crippen molar-refractivity contribution in [1.82, 2.24) is 9.88 Å². The van der Waals surface area contributed by atoms with E-state index in [0.717, 1.165) is 25.1 Å². The number of hydrogen-bond donors (Lipinski definition) is 2. The summed E-state index contributed by atoms with van der Waals surface area (Å²) in [5.41, 5.74) is 7.20. The van der Waals surface area contributed by atoms with Crippen LogP contribution in [0.3, 0.4) is 0 Å². The van der Waals surface area contributed by atoms with Crippen molar-refractivity contribution >= 4 is 23.4 Å². The Morgan fingerprint density at radius 1 is 1.50 bits per heavy atom. The van der Waals surface area contributed by atoms with Crippen molar-refractivity contribution in [3.63, 3.8) is 0 Å². The highest BCUT2D eigenvalue weighted by atomic mass is 32.2. The van der Waals surface area contributed by atoms with Crippen LogP contribution < -0.4 is 11.1 Å². The number of anilines is 1. The molecule has 3 rings (SSSR count). The number of nitrogens with two attached hydrogens (primary N) is 1. The molecule has 1 unspecified atom stereocenters. The van der Waals surface area contributed by atoms with Crippen LogP contribution in [-0.4, -0.2) is 28.5 Å². The minimum Gasteiger partial charge on any atom is -0.397 e. The molecule has 2 fully saturated rings. The quantitative estimate of drug-likeness (QED) is 0.874. The molecule has 1 saturated heterocycles. The maximum Gasteiger partial charge on any atom is 0.268 e. The van der Waals surface area contributed by atoms with Gasteiger partial charge in [-0.1, -0.05) is 0 Å². The second-order valence-electron chi connectivity index (χ2n) is 5.24. The highest BCUT2D eigenvalue weighted by Crippen LogP contribution is 2.37. The molecule has 1 aromatic rings. The van der Waals surface area contributed by atoms with Crippen LogP contribution in [0, 0.1) is 5.92 Å². The first-order chi connectivity index (χ1) is 8.74. The van der Waals surface area contributed by atoms with Gasteiger partial charge < -0.3 is 15.6 Å². The van der Waals surface area contributed by atoms with Crippen molar-refractivity contribution in [2.45, 2.75) is 25.3 Å². The largest absolute Gasteiger partial charge is 0.397 e. The van der Waals surface area contributed by atoms with Crippen molar-refractivity contribution in [2.75, 3.05) is 23.8 Å². The molecule has 1 atom stereocenters. The molecule has 1 aromatic heterocycles. The Morgan fingerprint density at radius 3 is 3.00 bits per heavy atom. The number of nitrogens with zero attached hydrogens (tertiary/aromatic N) is 1. The van der Waals surface area contributed by atoms with Crippen LogP contribution in [0.1, 0.15) is 35.8 Å². The molecule has 3 N–H and O–H groups in total. The fraction of sp³-hybridized carbons (Fsp3) is 0.615. The summed E-state index contributed by atoms with van der Waals surface area (Å²) in [5, 5.41) is 3.05. The van der Waals surface area contributed by atoms with E-state index >= 15 is 0 Å². The van der Waals surface area contributed by atoms with Crippen LogP contribution in [0.25, 0.3) is 0 Å². The van der Waals surface area contributed by atoms with Crippen LogP contribution >= 0.6 is 11.8 Å². The maximum atomic E-state index is 12.2. The van der Waals surface area contributed by atoms with Crippen molar-refractivity contribution in [1.29, 1.82) is 0 Å². The molecule has 1 saturated carbocycles. The molecular formula is C13H19N3OS. The van der Waals surface area contributed by atoms with Gasteiger partial charge in [-0.3, -0.25) is 4.79 Å². The van der Waals surface area contributed by atoms with Gasteiger partial charge in [0.25, 0.3) is 5.91 Å². The Morgan fingerprint density at radius 2 is 2.33 bits per heavy atom. The second kappa shape index (κ2) is 4.88. The first-order valence-electron chi connectivity index (χ1n) is 6.57. The molecule has 2 heterocycles. The molecule has 0 spiro atoms. The normalized spacial score (nSPS) is 23.2. The number of nitrogen functional groups attached to an aromatic ring is 1. The third-order valence-corrected chi connectivity index (χ3v) is 4.85. The van der Waals surface area contributed by atoms with Crippen LogP contribution in [0.5, 0.6) is 0 Å². The molecule has 0 bridgehead atoms. The number of amides is 1. The second-order valence-corrected chi connectivity index (χ2v) is 6.39. The topological polar surface area (TPSA) is 60.1 Å². The summed E-state index contributed by atoms with van der Waals surface area (Å²) in [6, 6.07) is 2.28. The molecule has 0 radical (unpaired) electrons. The third-order valence-electron chi connectivity index (χ3n) is 3.62. The summed E-state index contributed by atoms with van der Waals surface area (Å²) < 4.78 is 2.04. The Labute approximate surface area is 111 Å². The first kappa shape index (κ1) is 12.0. The van der Waals surface area contributed by atoms with Gasteiger partial charge >= 0.3 is 0 Å². The molecule has 4 nitrogen and oxygen atoms in total. The molecule has 1 aliphatic carbocycles. The van der Waals surface area contributed by atoms with E-state index in [0.29, 0.717) is 17.6 Å². The molecule has 5 heteroatoms. The van der Waals surface area contributed by atoms with Gasteiger partial charge in [0.15, 0.2) is 0 Å². The zero-order valence-electron chi connectivity index (χ0n) is 10.4. The fourth-order valence-corrected chi connectivity index (χ4v) is 3.69. The van der Waals surface area contributed by atoms with Gasteiger partial charge in [0, 0.05) is 18.8 Å². The molecule has 0 aromatic carbocycles. The Balaban J connectivity index is 1.64. The Bertz CT molecular complexity index is 447. The van der Waals surface area contributed by atoms with Gasteiger partial charge in [0.2, 0.25) is 0 Å². The number of nitrogens with one attached hydrogen (secondary N) is 1. The van der Waals surface area contributed by atoms with Crippen LogP contribution in [0.2, 0.25) is 0 Å². The summed E-state index contributed by atoms with van der Waals surface area (Å²) in [6.45, 7) is 0.793. The summed E-state index contributed by atoms with van der Waals surface area (Å²) in [5.74, 6) is 3.06.